The number of fused-ring (bicyclic) bond motifs is 6. The number of allylic oxidation sites excluding steroid dienone is 8. The van der Waals surface area contributed by atoms with Crippen molar-refractivity contribution in [2.75, 3.05) is 0 Å². The fraction of sp³-hybridized carbons (Fsp3) is 0.514. The van der Waals surface area contributed by atoms with Crippen molar-refractivity contribution in [1.82, 2.24) is 0 Å². The molecule has 0 nitrogen and oxygen atoms in total. The molecule has 4 aromatic rings. The van der Waals surface area contributed by atoms with Crippen molar-refractivity contribution in [3.63, 3.8) is 0 Å². The van der Waals surface area contributed by atoms with Crippen LogP contribution in [0.1, 0.15) is 235 Å². The Balaban J connectivity index is 0.000000482. The summed E-state index contributed by atoms with van der Waals surface area (Å²) in [6, 6.07) is 30.1. The largest absolute Gasteiger partial charge is 1.00 e. The van der Waals surface area contributed by atoms with E-state index in [0.717, 1.165) is 25.7 Å². The maximum absolute atomic E-state index is 3.53. The van der Waals surface area contributed by atoms with Gasteiger partial charge in [0.05, 0.1) is 0 Å². The summed E-state index contributed by atoms with van der Waals surface area (Å²) >= 11 is 3.11. The van der Waals surface area contributed by atoms with Crippen LogP contribution in [0.5, 0.6) is 0 Å². The van der Waals surface area contributed by atoms with E-state index in [1.807, 2.05) is 0 Å². The summed E-state index contributed by atoms with van der Waals surface area (Å²) in [4.78, 5) is 0. The van der Waals surface area contributed by atoms with Gasteiger partial charge in [-0.1, -0.05) is 231 Å². The van der Waals surface area contributed by atoms with E-state index in [1.165, 1.54) is 110 Å². The van der Waals surface area contributed by atoms with Crippen LogP contribution < -0.4 is 24.8 Å². The number of rotatable bonds is 6. The van der Waals surface area contributed by atoms with Crippen molar-refractivity contribution >= 4 is 6.41 Å². The molecule has 0 spiro atoms. The summed E-state index contributed by atoms with van der Waals surface area (Å²) in [5.41, 5.74) is 21.3. The summed E-state index contributed by atoms with van der Waals surface area (Å²) < 4.78 is 3.01. The third kappa shape index (κ3) is 20.3. The first kappa shape index (κ1) is 69.9. The summed E-state index contributed by atoms with van der Waals surface area (Å²) in [5, 5.41) is 0. The van der Waals surface area contributed by atoms with Gasteiger partial charge in [-0.2, -0.15) is 82.0 Å². The quantitative estimate of drug-likeness (QED) is 0.146. The molecule has 4 aromatic carbocycles. The van der Waals surface area contributed by atoms with Crippen LogP contribution in [0.3, 0.4) is 0 Å². The van der Waals surface area contributed by atoms with Gasteiger partial charge in [-0.25, -0.2) is 12.2 Å². The van der Waals surface area contributed by atoms with Gasteiger partial charge in [0.1, 0.15) is 0 Å². The van der Waals surface area contributed by atoms with Crippen LogP contribution in [0.4, 0.5) is 0 Å². The van der Waals surface area contributed by atoms with Gasteiger partial charge in [-0.15, -0.1) is 24.0 Å². The van der Waals surface area contributed by atoms with Gasteiger partial charge in [-0.05, 0) is 34.8 Å². The Bertz CT molecular complexity index is 2280. The molecule has 4 aliphatic rings. The van der Waals surface area contributed by atoms with Crippen molar-refractivity contribution in [2.24, 2.45) is 10.8 Å². The van der Waals surface area contributed by atoms with Crippen LogP contribution in [0.25, 0.3) is 22.3 Å². The standard InChI is InChI=1S/2C21H25.2C11H17.2C3H6.2ClH.2Zr/c2*1-20(2,3)16-9-7-14-11-15-8-10-17(21(4,5)6)13-19(15)18(14)12-16;2*1-4-11(3,5-2)10-8-6-7-9-10;2*1-3-2;;;;/h2*7,9-10,12-13H,11H2,1-6H3;2*8-9H,4-6H2,1-3H3;2*1-2H3;2*1H;;/q4*-1;;;;;2*+2/p-2. The zero-order chi connectivity index (χ0) is 54.6. The minimum Gasteiger partial charge on any atom is -1.00 e. The fourth-order valence-corrected chi connectivity index (χ4v) is 8.92. The predicted octanol–water partition coefficient (Wildman–Crippen LogP) is 13.8. The SMILES string of the molecule is CC(C)(C)c1c[c-]c2c(c1)-c1cc(C(C)(C)C)ccc1C2.CC(C)(C)c1c[c-]c2c(c1)-c1cc(C(C)(C)C)ccc1C2.CCC(C)(CC)C1=CC[C-]=C1.CCC(C)(CC)C1=CC[C-]=C1.C[C](C)=[Zr+2].C[C](C)=[Zr+2].[Cl-].[Cl-]. The molecule has 74 heavy (non-hydrogen) atoms. The minimum absolute atomic E-state index is 0. The van der Waals surface area contributed by atoms with Gasteiger partial charge in [0.2, 0.25) is 0 Å². The van der Waals surface area contributed by atoms with Crippen molar-refractivity contribution in [1.29, 1.82) is 0 Å². The number of benzene rings is 4. The molecule has 0 saturated carbocycles. The van der Waals surface area contributed by atoms with Crippen LogP contribution in [0.15, 0.2) is 96.1 Å². The fourth-order valence-electron chi connectivity index (χ4n) is 8.92. The average molecular weight is 1190 g/mol. The first-order chi connectivity index (χ1) is 33.2. The van der Waals surface area contributed by atoms with Crippen molar-refractivity contribution in [2.45, 2.75) is 225 Å². The summed E-state index contributed by atoms with van der Waals surface area (Å²) in [7, 11) is 0. The third-order valence-corrected chi connectivity index (χ3v) is 15.0. The minimum atomic E-state index is 0. The van der Waals surface area contributed by atoms with Gasteiger partial charge < -0.3 is 24.8 Å². The molecular weight excluding hydrogens is 1090 g/mol. The average Bonchev–Trinajstić information content (AvgIpc) is 4.14. The second-order valence-electron chi connectivity index (χ2n) is 25.6. The van der Waals surface area contributed by atoms with Crippen molar-refractivity contribution in [3.05, 3.63) is 165 Å². The second-order valence-corrected chi connectivity index (χ2v) is 30.5. The molecule has 0 aliphatic heterocycles. The third-order valence-electron chi connectivity index (χ3n) is 15.0. The molecule has 0 radical (unpaired) electrons. The summed E-state index contributed by atoms with van der Waals surface area (Å²) in [5.74, 6) is 0. The van der Waals surface area contributed by atoms with E-state index in [2.05, 4.69) is 262 Å². The molecule has 0 N–H and O–H groups in total. The van der Waals surface area contributed by atoms with Crippen LogP contribution in [-0.4, -0.2) is 6.41 Å². The van der Waals surface area contributed by atoms with Crippen LogP contribution in [0, 0.1) is 35.1 Å². The summed E-state index contributed by atoms with van der Waals surface area (Å²) in [6.45, 7) is 49.5. The van der Waals surface area contributed by atoms with Crippen LogP contribution >= 0.6 is 0 Å². The van der Waals surface area contributed by atoms with E-state index in [-0.39, 0.29) is 46.5 Å². The van der Waals surface area contributed by atoms with Crippen LogP contribution in [-0.2, 0) is 83.0 Å². The van der Waals surface area contributed by atoms with Crippen molar-refractivity contribution < 1.29 is 73.3 Å². The Morgan fingerprint density at radius 2 is 0.703 bits per heavy atom. The molecule has 8 rings (SSSR count). The molecule has 0 aromatic heterocycles. The molecule has 0 amide bonds. The van der Waals surface area contributed by atoms with Gasteiger partial charge in [-0.3, -0.25) is 12.2 Å². The molecular formula is C70H96Cl2Zr2-2. The van der Waals surface area contributed by atoms with E-state index < -0.39 is 0 Å². The number of hydrogen-bond donors (Lipinski definition) is 0. The number of halogens is 2. The number of hydrogen-bond acceptors (Lipinski definition) is 0. The second kappa shape index (κ2) is 29.8. The van der Waals surface area contributed by atoms with E-state index in [1.54, 1.807) is 48.5 Å². The van der Waals surface area contributed by atoms with E-state index in [0.29, 0.717) is 10.8 Å². The Labute approximate surface area is 498 Å². The smallest absolute Gasteiger partial charge is 1.00 e. The Kier molecular flexibility index (Phi) is 28.1. The van der Waals surface area contributed by atoms with E-state index in [4.69, 9.17) is 0 Å². The zero-order valence-corrected chi connectivity index (χ0v) is 56.9. The molecule has 400 valence electrons. The van der Waals surface area contributed by atoms with Crippen molar-refractivity contribution in [3.8, 4) is 22.3 Å². The molecule has 0 saturated heterocycles. The predicted molar refractivity (Wildman–Crippen MR) is 313 cm³/mol. The van der Waals surface area contributed by atoms with Gasteiger partial charge in [0.15, 0.2) is 0 Å². The van der Waals surface area contributed by atoms with E-state index >= 15 is 0 Å². The molecule has 0 heterocycles. The molecule has 4 heteroatoms. The van der Waals surface area contributed by atoms with Gasteiger partial charge >= 0.3 is 82.6 Å². The van der Waals surface area contributed by atoms with Crippen LogP contribution in [0.2, 0.25) is 0 Å². The first-order valence-electron chi connectivity index (χ1n) is 27.2. The maximum Gasteiger partial charge on any atom is -1.00 e. The van der Waals surface area contributed by atoms with E-state index in [9.17, 15) is 0 Å². The molecule has 0 unspecified atom stereocenters. The first-order valence-corrected chi connectivity index (χ1v) is 29.7. The molecule has 0 bridgehead atoms. The van der Waals surface area contributed by atoms with Gasteiger partial charge in [0.25, 0.3) is 0 Å². The Morgan fingerprint density at radius 1 is 0.432 bits per heavy atom. The Hall–Kier alpha value is -2.07. The zero-order valence-electron chi connectivity index (χ0n) is 50.5. The molecule has 4 aliphatic carbocycles. The topological polar surface area (TPSA) is 0 Å². The maximum atomic E-state index is 3.53. The monoisotopic (exact) mass is 1190 g/mol. The normalized spacial score (nSPS) is 13.8. The van der Waals surface area contributed by atoms with Gasteiger partial charge in [0, 0.05) is 0 Å². The summed E-state index contributed by atoms with van der Waals surface area (Å²) in [6.07, 6.45) is 24.4. The molecule has 0 atom stereocenters. The Morgan fingerprint density at radius 3 is 0.932 bits per heavy atom. The molecule has 0 fully saturated rings.